The van der Waals surface area contributed by atoms with Crippen LogP contribution in [0.4, 0.5) is 14.5 Å². The SMILES string of the molecule is COc1ccc(C(=O)N2CCC[C@H](Nc3ccc(F)cc3)C2)cc1F. The number of nitrogens with zero attached hydrogens (tertiary/aromatic N) is 1. The van der Waals surface area contributed by atoms with E-state index in [1.165, 1.54) is 31.4 Å². The van der Waals surface area contributed by atoms with Crippen LogP contribution in [0.1, 0.15) is 23.2 Å². The summed E-state index contributed by atoms with van der Waals surface area (Å²) >= 11 is 0. The topological polar surface area (TPSA) is 41.6 Å². The highest BCUT2D eigenvalue weighted by atomic mass is 19.1. The minimum atomic E-state index is -0.550. The number of hydrogen-bond donors (Lipinski definition) is 1. The Morgan fingerprint density at radius 2 is 1.96 bits per heavy atom. The molecule has 4 nitrogen and oxygen atoms in total. The largest absolute Gasteiger partial charge is 0.494 e. The number of carbonyl (C=O) groups is 1. The molecule has 0 radical (unpaired) electrons. The van der Waals surface area contributed by atoms with Crippen LogP contribution in [0.5, 0.6) is 5.75 Å². The normalized spacial score (nSPS) is 17.2. The minimum absolute atomic E-state index is 0.0752. The first-order valence-electron chi connectivity index (χ1n) is 8.22. The molecule has 2 aromatic rings. The maximum atomic E-state index is 13.8. The fourth-order valence-electron chi connectivity index (χ4n) is 3.04. The molecule has 1 aliphatic heterocycles. The van der Waals surface area contributed by atoms with Gasteiger partial charge in [-0.2, -0.15) is 0 Å². The van der Waals surface area contributed by atoms with E-state index in [9.17, 15) is 13.6 Å². The molecule has 0 saturated carbocycles. The number of hydrogen-bond acceptors (Lipinski definition) is 3. The Labute approximate surface area is 145 Å². The fourth-order valence-corrected chi connectivity index (χ4v) is 3.04. The van der Waals surface area contributed by atoms with Gasteiger partial charge in [-0.3, -0.25) is 4.79 Å². The Hall–Kier alpha value is -2.63. The maximum Gasteiger partial charge on any atom is 0.254 e. The molecule has 2 aromatic carbocycles. The van der Waals surface area contributed by atoms with Gasteiger partial charge in [0, 0.05) is 30.4 Å². The van der Waals surface area contributed by atoms with Crippen molar-refractivity contribution in [3.8, 4) is 5.75 Å². The Morgan fingerprint density at radius 1 is 1.20 bits per heavy atom. The van der Waals surface area contributed by atoms with Gasteiger partial charge in [0.2, 0.25) is 0 Å². The molecule has 1 heterocycles. The van der Waals surface area contributed by atoms with Crippen molar-refractivity contribution in [2.45, 2.75) is 18.9 Å². The van der Waals surface area contributed by atoms with Crippen LogP contribution in [0.2, 0.25) is 0 Å². The fraction of sp³-hybridized carbons (Fsp3) is 0.316. The first-order chi connectivity index (χ1) is 12.1. The Kier molecular flexibility index (Phi) is 5.16. The molecule has 0 aromatic heterocycles. The summed E-state index contributed by atoms with van der Waals surface area (Å²) in [5, 5.41) is 3.32. The van der Waals surface area contributed by atoms with E-state index in [0.29, 0.717) is 18.7 Å². The molecule has 0 unspecified atom stereocenters. The number of nitrogens with one attached hydrogen (secondary N) is 1. The van der Waals surface area contributed by atoms with E-state index in [2.05, 4.69) is 5.32 Å². The molecule has 132 valence electrons. The zero-order chi connectivity index (χ0) is 17.8. The van der Waals surface area contributed by atoms with Crippen LogP contribution in [0.15, 0.2) is 42.5 Å². The van der Waals surface area contributed by atoms with Gasteiger partial charge in [-0.15, -0.1) is 0 Å². The zero-order valence-electron chi connectivity index (χ0n) is 14.0. The standard InChI is InChI=1S/C19H20F2N2O2/c1-25-18-9-4-13(11-17(18)21)19(24)23-10-2-3-16(12-23)22-15-7-5-14(20)6-8-15/h4-9,11,16,22H,2-3,10,12H2,1H3/t16-/m0/s1. The summed E-state index contributed by atoms with van der Waals surface area (Å²) < 4.78 is 31.7. The summed E-state index contributed by atoms with van der Waals surface area (Å²) in [4.78, 5) is 14.3. The highest BCUT2D eigenvalue weighted by molar-refractivity contribution is 5.94. The number of benzene rings is 2. The monoisotopic (exact) mass is 346 g/mol. The lowest BCUT2D eigenvalue weighted by Gasteiger charge is -2.33. The van der Waals surface area contributed by atoms with Crippen molar-refractivity contribution in [2.75, 3.05) is 25.5 Å². The van der Waals surface area contributed by atoms with Gasteiger partial charge in [-0.05, 0) is 55.3 Å². The van der Waals surface area contributed by atoms with Gasteiger partial charge < -0.3 is 15.0 Å². The van der Waals surface area contributed by atoms with E-state index >= 15 is 0 Å². The van der Waals surface area contributed by atoms with Crippen molar-refractivity contribution in [2.24, 2.45) is 0 Å². The summed E-state index contributed by atoms with van der Waals surface area (Å²) in [6.45, 7) is 1.15. The van der Waals surface area contributed by atoms with Crippen LogP contribution in [-0.4, -0.2) is 37.0 Å². The molecule has 25 heavy (non-hydrogen) atoms. The van der Waals surface area contributed by atoms with Gasteiger partial charge in [0.15, 0.2) is 11.6 Å². The van der Waals surface area contributed by atoms with Crippen molar-refractivity contribution >= 4 is 11.6 Å². The minimum Gasteiger partial charge on any atom is -0.494 e. The number of amides is 1. The van der Waals surface area contributed by atoms with Crippen LogP contribution in [0, 0.1) is 11.6 Å². The van der Waals surface area contributed by atoms with Gasteiger partial charge >= 0.3 is 0 Å². The number of halogens is 2. The van der Waals surface area contributed by atoms with E-state index in [0.717, 1.165) is 18.5 Å². The van der Waals surface area contributed by atoms with Gasteiger partial charge in [0.05, 0.1) is 7.11 Å². The van der Waals surface area contributed by atoms with Crippen molar-refractivity contribution < 1.29 is 18.3 Å². The quantitative estimate of drug-likeness (QED) is 0.918. The van der Waals surface area contributed by atoms with Crippen molar-refractivity contribution in [3.63, 3.8) is 0 Å². The first kappa shape index (κ1) is 17.2. The van der Waals surface area contributed by atoms with E-state index in [1.54, 1.807) is 23.1 Å². The molecule has 0 bridgehead atoms. The van der Waals surface area contributed by atoms with Gasteiger partial charge in [0.25, 0.3) is 5.91 Å². The summed E-state index contributed by atoms with van der Waals surface area (Å²) in [7, 11) is 1.39. The molecule has 6 heteroatoms. The molecular formula is C19H20F2N2O2. The second kappa shape index (κ2) is 7.51. The number of carbonyl (C=O) groups excluding carboxylic acids is 1. The predicted octanol–water partition coefficient (Wildman–Crippen LogP) is 3.69. The van der Waals surface area contributed by atoms with Gasteiger partial charge in [-0.1, -0.05) is 0 Å². The highest BCUT2D eigenvalue weighted by Gasteiger charge is 2.25. The third-order valence-corrected chi connectivity index (χ3v) is 4.32. The molecule has 1 saturated heterocycles. The van der Waals surface area contributed by atoms with Crippen LogP contribution in [-0.2, 0) is 0 Å². The number of likely N-dealkylation sites (tertiary alicyclic amines) is 1. The second-order valence-corrected chi connectivity index (χ2v) is 6.09. The third-order valence-electron chi connectivity index (χ3n) is 4.32. The summed E-state index contributed by atoms with van der Waals surface area (Å²) in [5.41, 5.74) is 1.12. The zero-order valence-corrected chi connectivity index (χ0v) is 14.0. The average molecular weight is 346 g/mol. The van der Waals surface area contributed by atoms with E-state index in [-0.39, 0.29) is 23.5 Å². The first-order valence-corrected chi connectivity index (χ1v) is 8.22. The molecule has 1 atom stereocenters. The molecule has 0 aliphatic carbocycles. The summed E-state index contributed by atoms with van der Waals surface area (Å²) in [6, 6.07) is 10.5. The number of ether oxygens (including phenoxy) is 1. The van der Waals surface area contributed by atoms with Crippen molar-refractivity contribution in [1.82, 2.24) is 4.90 Å². The number of rotatable bonds is 4. The Morgan fingerprint density at radius 3 is 2.64 bits per heavy atom. The molecule has 3 rings (SSSR count). The molecule has 0 spiro atoms. The average Bonchev–Trinajstić information content (AvgIpc) is 2.63. The highest BCUT2D eigenvalue weighted by Crippen LogP contribution is 2.21. The predicted molar refractivity (Wildman–Crippen MR) is 91.9 cm³/mol. The number of piperidine rings is 1. The maximum absolute atomic E-state index is 13.8. The number of anilines is 1. The molecule has 1 fully saturated rings. The van der Waals surface area contributed by atoms with Crippen LogP contribution >= 0.6 is 0 Å². The van der Waals surface area contributed by atoms with Crippen LogP contribution in [0.3, 0.4) is 0 Å². The van der Waals surface area contributed by atoms with Crippen molar-refractivity contribution in [1.29, 1.82) is 0 Å². The Bertz CT molecular complexity index is 750. The van der Waals surface area contributed by atoms with Crippen molar-refractivity contribution in [3.05, 3.63) is 59.7 Å². The smallest absolute Gasteiger partial charge is 0.254 e. The molecule has 1 N–H and O–H groups in total. The lowest BCUT2D eigenvalue weighted by molar-refractivity contribution is 0.0714. The van der Waals surface area contributed by atoms with E-state index in [4.69, 9.17) is 4.74 Å². The van der Waals surface area contributed by atoms with Crippen LogP contribution in [0.25, 0.3) is 0 Å². The lowest BCUT2D eigenvalue weighted by atomic mass is 10.0. The molecule has 1 amide bonds. The number of methoxy groups -OCH3 is 1. The van der Waals surface area contributed by atoms with Gasteiger partial charge in [-0.25, -0.2) is 8.78 Å². The second-order valence-electron chi connectivity index (χ2n) is 6.09. The lowest BCUT2D eigenvalue weighted by Crippen LogP contribution is -2.45. The van der Waals surface area contributed by atoms with E-state index < -0.39 is 5.82 Å². The summed E-state index contributed by atoms with van der Waals surface area (Å²) in [6.07, 6.45) is 1.77. The Balaban J connectivity index is 1.67. The van der Waals surface area contributed by atoms with E-state index in [1.807, 2.05) is 0 Å². The molecular weight excluding hydrogens is 326 g/mol. The molecule has 1 aliphatic rings. The third kappa shape index (κ3) is 4.07. The van der Waals surface area contributed by atoms with Gasteiger partial charge in [0.1, 0.15) is 5.82 Å². The summed E-state index contributed by atoms with van der Waals surface area (Å²) in [5.74, 6) is -0.919. The van der Waals surface area contributed by atoms with Crippen LogP contribution < -0.4 is 10.1 Å².